The lowest BCUT2D eigenvalue weighted by atomic mass is 10.1. The third-order valence-corrected chi connectivity index (χ3v) is 7.99. The van der Waals surface area contributed by atoms with Crippen molar-refractivity contribution < 1.29 is 32.6 Å². The monoisotopic (exact) mass is 610 g/mol. The van der Waals surface area contributed by atoms with Crippen molar-refractivity contribution in [2.24, 2.45) is 0 Å². The zero-order chi connectivity index (χ0) is 31.1. The molecule has 44 heavy (non-hydrogen) atoms. The minimum absolute atomic E-state index is 0.0211. The molecule has 232 valence electrons. The third kappa shape index (κ3) is 5.63. The molecular weight excluding hydrogens is 578 g/mol. The molecule has 3 fully saturated rings. The molecule has 0 spiro atoms. The summed E-state index contributed by atoms with van der Waals surface area (Å²) in [4.78, 5) is 58.5. The number of pyridine rings is 2. The molecule has 1 aromatic carbocycles. The number of piperazine rings is 1. The average Bonchev–Trinajstić information content (AvgIpc) is 3.77. The standard InChI is InChI=1S/C30H32F2N6O6/c1-3-43-29(41)22-16-37(18-4-5-18)27-21(26(22)40)13-24(32)28(34-27)36-10-8-35(9-11-36)25-7-6-19(12-23(25)31)38-15-20(44-30(38)42)14-33-17(2)39/h6-7,12-13,16,18,20H,3-5,8-11,14-15H2,1-2H3,(H,33,39)/t20-/m0/s1. The van der Waals surface area contributed by atoms with Crippen molar-refractivity contribution in [3.63, 3.8) is 0 Å². The number of esters is 1. The summed E-state index contributed by atoms with van der Waals surface area (Å²) < 4.78 is 42.8. The first-order valence-corrected chi connectivity index (χ1v) is 14.6. The number of carbonyl (C=O) groups excluding carboxylic acids is 3. The molecule has 12 nitrogen and oxygen atoms in total. The highest BCUT2D eigenvalue weighted by molar-refractivity contribution is 5.93. The van der Waals surface area contributed by atoms with Crippen molar-refractivity contribution in [2.45, 2.75) is 38.8 Å². The number of aromatic nitrogens is 2. The van der Waals surface area contributed by atoms with E-state index in [-0.39, 0.29) is 48.4 Å². The Hall–Kier alpha value is -4.75. The van der Waals surface area contributed by atoms with E-state index in [0.717, 1.165) is 18.9 Å². The lowest BCUT2D eigenvalue weighted by molar-refractivity contribution is -0.119. The average molecular weight is 611 g/mol. The molecule has 3 aliphatic rings. The van der Waals surface area contributed by atoms with Gasteiger partial charge in [-0.1, -0.05) is 0 Å². The summed E-state index contributed by atoms with van der Waals surface area (Å²) in [7, 11) is 0. The number of rotatable bonds is 8. The first-order chi connectivity index (χ1) is 21.1. The molecule has 2 amide bonds. The van der Waals surface area contributed by atoms with Crippen LogP contribution in [-0.4, -0.2) is 79.5 Å². The second-order valence-electron chi connectivity index (χ2n) is 11.1. The maximum absolute atomic E-state index is 15.4. The van der Waals surface area contributed by atoms with Crippen molar-refractivity contribution in [3.05, 3.63) is 57.9 Å². The Bertz CT molecular complexity index is 1700. The van der Waals surface area contributed by atoms with E-state index >= 15 is 8.78 Å². The maximum atomic E-state index is 15.4. The van der Waals surface area contributed by atoms with E-state index in [9.17, 15) is 19.2 Å². The molecule has 4 heterocycles. The fraction of sp³-hybridized carbons (Fsp3) is 0.433. The SMILES string of the molecule is CCOC(=O)c1cn(C2CC2)c2nc(N3CCN(c4ccc(N5C[C@H](CNC(C)=O)OC5=O)cc4F)CC3)c(F)cc2c1=O. The van der Waals surface area contributed by atoms with Crippen LogP contribution in [0.25, 0.3) is 11.0 Å². The van der Waals surface area contributed by atoms with E-state index in [1.165, 1.54) is 24.1 Å². The predicted molar refractivity (Wildman–Crippen MR) is 157 cm³/mol. The van der Waals surface area contributed by atoms with Gasteiger partial charge in [-0.2, -0.15) is 0 Å². The molecule has 2 aromatic heterocycles. The molecule has 3 aromatic rings. The predicted octanol–water partition coefficient (Wildman–Crippen LogP) is 2.97. The van der Waals surface area contributed by atoms with Crippen LogP contribution in [0, 0.1) is 11.6 Å². The van der Waals surface area contributed by atoms with Gasteiger partial charge in [0.2, 0.25) is 11.3 Å². The van der Waals surface area contributed by atoms with Crippen LogP contribution in [0.4, 0.5) is 30.8 Å². The third-order valence-electron chi connectivity index (χ3n) is 7.99. The number of ether oxygens (including phenoxy) is 2. The number of cyclic esters (lactones) is 1. The lowest BCUT2D eigenvalue weighted by Gasteiger charge is -2.37. The van der Waals surface area contributed by atoms with E-state index in [1.54, 1.807) is 28.5 Å². The van der Waals surface area contributed by atoms with Crippen LogP contribution in [0.3, 0.4) is 0 Å². The van der Waals surface area contributed by atoms with Gasteiger partial charge < -0.3 is 29.2 Å². The lowest BCUT2D eigenvalue weighted by Crippen LogP contribution is -2.47. The van der Waals surface area contributed by atoms with Crippen LogP contribution in [0.15, 0.2) is 35.3 Å². The van der Waals surface area contributed by atoms with Crippen LogP contribution >= 0.6 is 0 Å². The molecule has 1 saturated carbocycles. The van der Waals surface area contributed by atoms with E-state index < -0.39 is 35.2 Å². The van der Waals surface area contributed by atoms with E-state index in [4.69, 9.17) is 9.47 Å². The molecule has 2 saturated heterocycles. The number of carbonyl (C=O) groups is 3. The summed E-state index contributed by atoms with van der Waals surface area (Å²) in [5.41, 5.74) is 0.230. The Morgan fingerprint density at radius 2 is 1.80 bits per heavy atom. The van der Waals surface area contributed by atoms with Crippen LogP contribution in [-0.2, 0) is 14.3 Å². The van der Waals surface area contributed by atoms with Gasteiger partial charge in [0.15, 0.2) is 11.6 Å². The number of halogens is 2. The minimum atomic E-state index is -0.749. The molecule has 6 rings (SSSR count). The number of hydrogen-bond donors (Lipinski definition) is 1. The van der Waals surface area contributed by atoms with Gasteiger partial charge in [-0.25, -0.2) is 23.4 Å². The van der Waals surface area contributed by atoms with Gasteiger partial charge in [0.1, 0.15) is 23.1 Å². The quantitative estimate of drug-likeness (QED) is 0.383. The van der Waals surface area contributed by atoms with Crippen molar-refractivity contribution in [3.8, 4) is 0 Å². The second kappa shape index (κ2) is 11.7. The first kappa shape index (κ1) is 29.3. The highest BCUT2D eigenvalue weighted by Gasteiger charge is 2.34. The number of anilines is 3. The molecular formula is C30H32F2N6O6. The van der Waals surface area contributed by atoms with Crippen molar-refractivity contribution in [2.75, 3.05) is 60.6 Å². The fourth-order valence-electron chi connectivity index (χ4n) is 5.62. The van der Waals surface area contributed by atoms with E-state index in [2.05, 4.69) is 10.3 Å². The van der Waals surface area contributed by atoms with Gasteiger partial charge in [0, 0.05) is 45.3 Å². The summed E-state index contributed by atoms with van der Waals surface area (Å²) in [5.74, 6) is -2.10. The van der Waals surface area contributed by atoms with Gasteiger partial charge in [-0.15, -0.1) is 0 Å². The normalized spacial score (nSPS) is 18.5. The van der Waals surface area contributed by atoms with Gasteiger partial charge >= 0.3 is 12.1 Å². The Balaban J connectivity index is 1.18. The molecule has 0 unspecified atom stereocenters. The van der Waals surface area contributed by atoms with E-state index in [0.29, 0.717) is 43.2 Å². The highest BCUT2D eigenvalue weighted by atomic mass is 19.1. The van der Waals surface area contributed by atoms with Crippen LogP contribution in [0.5, 0.6) is 0 Å². The first-order valence-electron chi connectivity index (χ1n) is 14.6. The zero-order valence-electron chi connectivity index (χ0n) is 24.3. The summed E-state index contributed by atoms with van der Waals surface area (Å²) in [6, 6.07) is 5.70. The van der Waals surface area contributed by atoms with Crippen molar-refractivity contribution >= 4 is 46.2 Å². The van der Waals surface area contributed by atoms with Crippen molar-refractivity contribution in [1.29, 1.82) is 0 Å². The molecule has 2 aliphatic heterocycles. The number of benzene rings is 1. The Kier molecular flexibility index (Phi) is 7.82. The topological polar surface area (TPSA) is 126 Å². The van der Waals surface area contributed by atoms with Gasteiger partial charge in [-0.05, 0) is 44.0 Å². The number of hydrogen-bond acceptors (Lipinski definition) is 9. The van der Waals surface area contributed by atoms with Crippen molar-refractivity contribution in [1.82, 2.24) is 14.9 Å². The van der Waals surface area contributed by atoms with Crippen LogP contribution in [0.1, 0.15) is 43.1 Å². The maximum Gasteiger partial charge on any atom is 0.414 e. The minimum Gasteiger partial charge on any atom is -0.462 e. The zero-order valence-corrected chi connectivity index (χ0v) is 24.3. The summed E-state index contributed by atoms with van der Waals surface area (Å²) in [5, 5.41) is 2.63. The number of amides is 2. The smallest absolute Gasteiger partial charge is 0.414 e. The second-order valence-corrected chi connectivity index (χ2v) is 11.1. The molecule has 0 radical (unpaired) electrons. The van der Waals surface area contributed by atoms with Gasteiger partial charge in [-0.3, -0.25) is 14.5 Å². The Labute approximate surface area is 251 Å². The Morgan fingerprint density at radius 1 is 1.07 bits per heavy atom. The van der Waals surface area contributed by atoms with Crippen LogP contribution in [0.2, 0.25) is 0 Å². The van der Waals surface area contributed by atoms with Gasteiger partial charge in [0.25, 0.3) is 0 Å². The van der Waals surface area contributed by atoms with E-state index in [1.807, 2.05) is 4.90 Å². The number of fused-ring (bicyclic) bond motifs is 1. The molecule has 14 heteroatoms. The summed E-state index contributed by atoms with van der Waals surface area (Å²) in [6.07, 6.45) is 2.02. The number of nitrogens with zero attached hydrogens (tertiary/aromatic N) is 5. The summed E-state index contributed by atoms with van der Waals surface area (Å²) in [6.45, 7) is 4.90. The largest absolute Gasteiger partial charge is 0.462 e. The van der Waals surface area contributed by atoms with Crippen LogP contribution < -0.4 is 25.4 Å². The van der Waals surface area contributed by atoms with Gasteiger partial charge in [0.05, 0.1) is 36.5 Å². The molecule has 0 bridgehead atoms. The Morgan fingerprint density at radius 3 is 2.45 bits per heavy atom. The summed E-state index contributed by atoms with van der Waals surface area (Å²) >= 11 is 0. The number of nitrogens with one attached hydrogen (secondary N) is 1. The molecule has 1 atom stereocenters. The fourth-order valence-corrected chi connectivity index (χ4v) is 5.62. The highest BCUT2D eigenvalue weighted by Crippen LogP contribution is 2.37. The molecule has 1 aliphatic carbocycles. The molecule has 1 N–H and O–H groups in total.